The molecule has 0 saturated heterocycles. The average Bonchev–Trinajstić information content (AvgIpc) is 2.31. The molecule has 62 valence electrons. The Morgan fingerprint density at radius 1 is 1.33 bits per heavy atom. The van der Waals surface area contributed by atoms with Crippen molar-refractivity contribution in [3.05, 3.63) is 21.1 Å². The molecule has 2 rings (SSSR count). The highest BCUT2D eigenvalue weighted by atomic mass is 79.9. The number of nitrogens with zero attached hydrogens (tertiary/aromatic N) is 1. The molecule has 0 aliphatic rings. The first-order valence-corrected chi connectivity index (χ1v) is 4.85. The minimum Gasteiger partial charge on any atom is -0.382 e. The van der Waals surface area contributed by atoms with E-state index in [0.717, 1.165) is 19.8 Å². The number of halogens is 2. The zero-order chi connectivity index (χ0) is 8.72. The van der Waals surface area contributed by atoms with Crippen molar-refractivity contribution in [2.45, 2.75) is 0 Å². The highest BCUT2D eigenvalue weighted by Crippen LogP contribution is 2.30. The molecule has 1 aromatic heterocycles. The van der Waals surface area contributed by atoms with Gasteiger partial charge in [-0.3, -0.25) is 5.10 Å². The number of fused-ring (bicyclic) bond motifs is 1. The normalized spacial score (nSPS) is 10.8. The average molecular weight is 291 g/mol. The summed E-state index contributed by atoms with van der Waals surface area (Å²) in [6.45, 7) is 0. The predicted molar refractivity (Wildman–Crippen MR) is 55.9 cm³/mol. The topological polar surface area (TPSA) is 54.7 Å². The Labute approximate surface area is 85.6 Å². The molecule has 3 N–H and O–H groups in total. The lowest BCUT2D eigenvalue weighted by molar-refractivity contribution is 1.13. The summed E-state index contributed by atoms with van der Waals surface area (Å²) in [7, 11) is 0. The highest BCUT2D eigenvalue weighted by molar-refractivity contribution is 9.11. The first-order valence-electron chi connectivity index (χ1n) is 3.27. The van der Waals surface area contributed by atoms with Crippen molar-refractivity contribution in [2.75, 3.05) is 5.73 Å². The second kappa shape index (κ2) is 2.74. The largest absolute Gasteiger partial charge is 0.382 e. The Bertz CT molecular complexity index is 435. The number of hydrogen-bond acceptors (Lipinski definition) is 2. The van der Waals surface area contributed by atoms with Gasteiger partial charge in [0.25, 0.3) is 0 Å². The Balaban J connectivity index is 2.93. The molecule has 0 amide bonds. The van der Waals surface area contributed by atoms with Crippen molar-refractivity contribution in [3.63, 3.8) is 0 Å². The number of nitrogen functional groups attached to an aromatic ring is 1. The van der Waals surface area contributed by atoms with Crippen LogP contribution in [0.15, 0.2) is 21.1 Å². The number of nitrogens with one attached hydrogen (secondary N) is 1. The fraction of sp³-hybridized carbons (Fsp3) is 0. The smallest absolute Gasteiger partial charge is 0.154 e. The fourth-order valence-electron chi connectivity index (χ4n) is 1.10. The third kappa shape index (κ3) is 1.13. The molecule has 0 atom stereocenters. The molecule has 1 aromatic carbocycles. The summed E-state index contributed by atoms with van der Waals surface area (Å²) < 4.78 is 1.93. The summed E-state index contributed by atoms with van der Waals surface area (Å²) in [5.74, 6) is 0.518. The molecule has 0 unspecified atom stereocenters. The summed E-state index contributed by atoms with van der Waals surface area (Å²) in [6.07, 6.45) is 0. The molecular weight excluding hydrogens is 286 g/mol. The number of nitrogens with two attached hydrogens (primary N) is 1. The lowest BCUT2D eigenvalue weighted by Crippen LogP contribution is -1.84. The van der Waals surface area contributed by atoms with Crippen LogP contribution in [0.25, 0.3) is 10.9 Å². The molecule has 0 saturated carbocycles. The van der Waals surface area contributed by atoms with E-state index in [1.165, 1.54) is 0 Å². The van der Waals surface area contributed by atoms with E-state index in [1.807, 2.05) is 12.1 Å². The van der Waals surface area contributed by atoms with Crippen molar-refractivity contribution >= 4 is 48.6 Å². The summed E-state index contributed by atoms with van der Waals surface area (Å²) in [5, 5.41) is 7.66. The third-order valence-corrected chi connectivity index (χ3v) is 2.69. The van der Waals surface area contributed by atoms with E-state index >= 15 is 0 Å². The zero-order valence-electron chi connectivity index (χ0n) is 5.94. The van der Waals surface area contributed by atoms with Crippen LogP contribution in [0, 0.1) is 0 Å². The van der Waals surface area contributed by atoms with Crippen LogP contribution in [0.4, 0.5) is 5.82 Å². The molecular formula is C7H5Br2N3. The van der Waals surface area contributed by atoms with E-state index < -0.39 is 0 Å². The minimum atomic E-state index is 0.518. The van der Waals surface area contributed by atoms with Crippen molar-refractivity contribution in [2.24, 2.45) is 0 Å². The maximum atomic E-state index is 5.64. The van der Waals surface area contributed by atoms with Crippen LogP contribution < -0.4 is 5.73 Å². The predicted octanol–water partition coefficient (Wildman–Crippen LogP) is 2.67. The molecule has 5 heteroatoms. The van der Waals surface area contributed by atoms with E-state index in [0.29, 0.717) is 5.82 Å². The molecule has 0 spiro atoms. The molecule has 2 aromatic rings. The van der Waals surface area contributed by atoms with Crippen LogP contribution in [-0.4, -0.2) is 10.2 Å². The number of anilines is 1. The second-order valence-electron chi connectivity index (χ2n) is 2.42. The molecule has 0 aliphatic heterocycles. The maximum absolute atomic E-state index is 5.64. The maximum Gasteiger partial charge on any atom is 0.154 e. The van der Waals surface area contributed by atoms with E-state index in [2.05, 4.69) is 42.1 Å². The number of hydrogen-bond donors (Lipinski definition) is 2. The van der Waals surface area contributed by atoms with Gasteiger partial charge in [-0.05, 0) is 28.1 Å². The van der Waals surface area contributed by atoms with E-state index in [9.17, 15) is 0 Å². The Kier molecular flexibility index (Phi) is 1.84. The first kappa shape index (κ1) is 8.07. The van der Waals surface area contributed by atoms with Gasteiger partial charge in [-0.15, -0.1) is 0 Å². The lowest BCUT2D eigenvalue weighted by atomic mass is 10.2. The summed E-state index contributed by atoms with van der Waals surface area (Å²) >= 11 is 6.78. The van der Waals surface area contributed by atoms with Gasteiger partial charge in [0.2, 0.25) is 0 Å². The molecule has 0 fully saturated rings. The molecule has 0 aliphatic carbocycles. The van der Waals surface area contributed by atoms with Gasteiger partial charge in [0.15, 0.2) is 5.82 Å². The van der Waals surface area contributed by atoms with E-state index in [4.69, 9.17) is 5.73 Å². The van der Waals surface area contributed by atoms with Gasteiger partial charge in [0, 0.05) is 8.95 Å². The second-order valence-corrected chi connectivity index (χ2v) is 4.19. The van der Waals surface area contributed by atoms with Crippen molar-refractivity contribution in [1.82, 2.24) is 10.2 Å². The highest BCUT2D eigenvalue weighted by Gasteiger charge is 2.06. The summed E-state index contributed by atoms with van der Waals surface area (Å²) in [5.41, 5.74) is 6.56. The zero-order valence-corrected chi connectivity index (χ0v) is 9.11. The van der Waals surface area contributed by atoms with Gasteiger partial charge < -0.3 is 5.73 Å². The van der Waals surface area contributed by atoms with E-state index in [-0.39, 0.29) is 0 Å². The fourth-order valence-corrected chi connectivity index (χ4v) is 2.53. The van der Waals surface area contributed by atoms with Gasteiger partial charge >= 0.3 is 0 Å². The summed E-state index contributed by atoms with van der Waals surface area (Å²) in [6, 6.07) is 3.87. The van der Waals surface area contributed by atoms with Crippen LogP contribution in [0.1, 0.15) is 0 Å². The molecule has 0 bridgehead atoms. The van der Waals surface area contributed by atoms with Crippen LogP contribution in [0.2, 0.25) is 0 Å². The summed E-state index contributed by atoms with van der Waals surface area (Å²) in [4.78, 5) is 0. The van der Waals surface area contributed by atoms with Gasteiger partial charge in [0.05, 0.1) is 10.9 Å². The number of H-pyrrole nitrogens is 1. The van der Waals surface area contributed by atoms with E-state index in [1.54, 1.807) is 0 Å². The van der Waals surface area contributed by atoms with Gasteiger partial charge in [-0.25, -0.2) is 0 Å². The monoisotopic (exact) mass is 289 g/mol. The lowest BCUT2D eigenvalue weighted by Gasteiger charge is -1.95. The third-order valence-electron chi connectivity index (χ3n) is 1.61. The minimum absolute atomic E-state index is 0.518. The first-order chi connectivity index (χ1) is 5.68. The number of aromatic nitrogens is 2. The SMILES string of the molecule is Nc1n[nH]c2cc(Br)cc(Br)c12. The van der Waals surface area contributed by atoms with Crippen LogP contribution in [0.3, 0.4) is 0 Å². The van der Waals surface area contributed by atoms with Crippen LogP contribution in [-0.2, 0) is 0 Å². The van der Waals surface area contributed by atoms with Crippen molar-refractivity contribution in [3.8, 4) is 0 Å². The molecule has 12 heavy (non-hydrogen) atoms. The van der Waals surface area contributed by atoms with Gasteiger partial charge in [0.1, 0.15) is 0 Å². The van der Waals surface area contributed by atoms with Crippen LogP contribution in [0.5, 0.6) is 0 Å². The van der Waals surface area contributed by atoms with Crippen molar-refractivity contribution in [1.29, 1.82) is 0 Å². The number of benzene rings is 1. The van der Waals surface area contributed by atoms with Crippen molar-refractivity contribution < 1.29 is 0 Å². The molecule has 0 radical (unpaired) electrons. The van der Waals surface area contributed by atoms with Gasteiger partial charge in [-0.1, -0.05) is 15.9 Å². The Morgan fingerprint density at radius 2 is 2.08 bits per heavy atom. The Hall–Kier alpha value is -0.550. The standard InChI is InChI=1S/C7H5Br2N3/c8-3-1-4(9)6-5(2-3)11-12-7(6)10/h1-2H,(H3,10,11,12). The Morgan fingerprint density at radius 3 is 2.83 bits per heavy atom. The number of aromatic amines is 1. The quantitative estimate of drug-likeness (QED) is 0.784. The molecule has 1 heterocycles. The van der Waals surface area contributed by atoms with Gasteiger partial charge in [-0.2, -0.15) is 5.10 Å². The number of rotatable bonds is 0. The molecule has 3 nitrogen and oxygen atoms in total. The van der Waals surface area contributed by atoms with Crippen LogP contribution >= 0.6 is 31.9 Å².